The second-order valence-electron chi connectivity index (χ2n) is 4.59. The topological polar surface area (TPSA) is 75.3 Å². The quantitative estimate of drug-likeness (QED) is 0.550. The first-order valence-electron chi connectivity index (χ1n) is 6.05. The van der Waals surface area contributed by atoms with Gasteiger partial charge in [-0.25, -0.2) is 0 Å². The molecule has 0 aliphatic rings. The number of nitrogen functional groups attached to an aromatic ring is 1. The fraction of sp³-hybridized carbons (Fsp3) is 0.133. The predicted octanol–water partition coefficient (Wildman–Crippen LogP) is 3.45. The molecule has 2 rings (SSSR count). The molecule has 0 unspecified atom stereocenters. The van der Waals surface area contributed by atoms with Gasteiger partial charge in [0, 0.05) is 5.56 Å². The minimum atomic E-state index is -0.294. The average Bonchev–Trinajstić information content (AvgIpc) is 2.42. The van der Waals surface area contributed by atoms with E-state index < -0.39 is 0 Å². The van der Waals surface area contributed by atoms with Crippen molar-refractivity contribution in [1.82, 2.24) is 0 Å². The second kappa shape index (κ2) is 5.70. The Hall–Kier alpha value is -1.76. The molecule has 0 aliphatic heterocycles. The summed E-state index contributed by atoms with van der Waals surface area (Å²) < 4.78 is 0.699. The molecule has 4 nitrogen and oxygen atoms in total. The van der Waals surface area contributed by atoms with Crippen LogP contribution in [0.1, 0.15) is 21.5 Å². The molecule has 0 radical (unpaired) electrons. The Morgan fingerprint density at radius 2 is 1.95 bits per heavy atom. The number of carbonyl (C=O) groups excluding carboxylic acids is 1. The highest BCUT2D eigenvalue weighted by molar-refractivity contribution is 14.1. The molecule has 0 saturated heterocycles. The monoisotopic (exact) mass is 382 g/mol. The summed E-state index contributed by atoms with van der Waals surface area (Å²) in [4.78, 5) is 12.2. The van der Waals surface area contributed by atoms with Crippen molar-refractivity contribution in [2.24, 2.45) is 0 Å². The summed E-state index contributed by atoms with van der Waals surface area (Å²) in [6.07, 6.45) is 0. The molecule has 20 heavy (non-hydrogen) atoms. The summed E-state index contributed by atoms with van der Waals surface area (Å²) in [6, 6.07) is 8.48. The summed E-state index contributed by atoms with van der Waals surface area (Å²) in [5.41, 5.74) is 9.43. The van der Waals surface area contributed by atoms with Crippen LogP contribution >= 0.6 is 22.6 Å². The minimum absolute atomic E-state index is 0.0900. The molecule has 0 bridgehead atoms. The fourth-order valence-corrected chi connectivity index (χ4v) is 2.18. The number of nitrogens with one attached hydrogen (secondary N) is 1. The van der Waals surface area contributed by atoms with Gasteiger partial charge in [0.25, 0.3) is 5.91 Å². The highest BCUT2D eigenvalue weighted by Gasteiger charge is 2.12. The van der Waals surface area contributed by atoms with E-state index in [2.05, 4.69) is 5.32 Å². The zero-order valence-corrected chi connectivity index (χ0v) is 13.4. The van der Waals surface area contributed by atoms with Gasteiger partial charge in [-0.1, -0.05) is 6.07 Å². The summed E-state index contributed by atoms with van der Waals surface area (Å²) in [5, 5.41) is 12.5. The molecule has 0 aliphatic carbocycles. The molecule has 0 heterocycles. The van der Waals surface area contributed by atoms with Gasteiger partial charge in [0.2, 0.25) is 0 Å². The summed E-state index contributed by atoms with van der Waals surface area (Å²) in [6.45, 7) is 3.87. The molecule has 4 N–H and O–H groups in total. The zero-order chi connectivity index (χ0) is 14.9. The van der Waals surface area contributed by atoms with E-state index in [9.17, 15) is 9.90 Å². The summed E-state index contributed by atoms with van der Waals surface area (Å²) in [5.74, 6) is -0.204. The third-order valence-corrected chi connectivity index (χ3v) is 4.13. The van der Waals surface area contributed by atoms with Gasteiger partial charge in [0.15, 0.2) is 0 Å². The average molecular weight is 382 g/mol. The maximum atomic E-state index is 12.2. The first-order valence-corrected chi connectivity index (χ1v) is 7.13. The smallest absolute Gasteiger partial charge is 0.255 e. The number of anilines is 2. The summed E-state index contributed by atoms with van der Waals surface area (Å²) in [7, 11) is 0. The van der Waals surface area contributed by atoms with Gasteiger partial charge in [0.1, 0.15) is 5.75 Å². The normalized spacial score (nSPS) is 10.3. The lowest BCUT2D eigenvalue weighted by atomic mass is 10.1. The van der Waals surface area contributed by atoms with E-state index >= 15 is 0 Å². The Morgan fingerprint density at radius 1 is 1.25 bits per heavy atom. The molecule has 1 amide bonds. The van der Waals surface area contributed by atoms with Gasteiger partial charge in [-0.2, -0.15) is 0 Å². The third kappa shape index (κ3) is 2.87. The van der Waals surface area contributed by atoms with Crippen molar-refractivity contribution in [2.75, 3.05) is 11.1 Å². The second-order valence-corrected chi connectivity index (χ2v) is 5.75. The molecule has 0 spiro atoms. The number of phenolic OH excluding ortho intramolecular Hbond substituents is 1. The maximum absolute atomic E-state index is 12.2. The lowest BCUT2D eigenvalue weighted by molar-refractivity contribution is 0.102. The van der Waals surface area contributed by atoms with Gasteiger partial charge >= 0.3 is 0 Å². The molecule has 0 saturated carbocycles. The van der Waals surface area contributed by atoms with Crippen LogP contribution in [0.2, 0.25) is 0 Å². The van der Waals surface area contributed by atoms with Crippen molar-refractivity contribution < 1.29 is 9.90 Å². The van der Waals surface area contributed by atoms with E-state index in [1.807, 2.05) is 42.5 Å². The highest BCUT2D eigenvalue weighted by atomic mass is 127. The number of aromatic hydroxyl groups is 1. The van der Waals surface area contributed by atoms with Crippen LogP contribution in [-0.2, 0) is 0 Å². The van der Waals surface area contributed by atoms with E-state index in [0.717, 1.165) is 11.1 Å². The molecule has 2 aromatic rings. The molecular weight excluding hydrogens is 367 g/mol. The van der Waals surface area contributed by atoms with E-state index in [1.165, 1.54) is 6.07 Å². The zero-order valence-electron chi connectivity index (χ0n) is 11.2. The number of nitrogens with two attached hydrogens (primary N) is 1. The number of hydrogen-bond acceptors (Lipinski definition) is 3. The van der Waals surface area contributed by atoms with E-state index in [-0.39, 0.29) is 11.7 Å². The van der Waals surface area contributed by atoms with Gasteiger partial charge < -0.3 is 16.2 Å². The maximum Gasteiger partial charge on any atom is 0.255 e. The number of halogens is 1. The number of benzene rings is 2. The van der Waals surface area contributed by atoms with Crippen LogP contribution in [0.5, 0.6) is 5.75 Å². The Bertz CT molecular complexity index is 684. The first kappa shape index (κ1) is 14.6. The van der Waals surface area contributed by atoms with Gasteiger partial charge in [-0.05, 0) is 71.8 Å². The lowest BCUT2D eigenvalue weighted by Crippen LogP contribution is -2.14. The molecule has 0 aromatic heterocycles. The van der Waals surface area contributed by atoms with Crippen LogP contribution in [0.25, 0.3) is 0 Å². The molecule has 0 fully saturated rings. The number of carbonyl (C=O) groups is 1. The van der Waals surface area contributed by atoms with E-state index in [4.69, 9.17) is 5.73 Å². The van der Waals surface area contributed by atoms with Crippen LogP contribution < -0.4 is 11.1 Å². The van der Waals surface area contributed by atoms with Crippen LogP contribution in [0.3, 0.4) is 0 Å². The van der Waals surface area contributed by atoms with Crippen LogP contribution in [-0.4, -0.2) is 11.0 Å². The van der Waals surface area contributed by atoms with Crippen molar-refractivity contribution in [2.45, 2.75) is 13.8 Å². The fourth-order valence-electron chi connectivity index (χ4n) is 1.84. The molecule has 104 valence electrons. The number of rotatable bonds is 2. The van der Waals surface area contributed by atoms with Crippen molar-refractivity contribution in [1.29, 1.82) is 0 Å². The lowest BCUT2D eigenvalue weighted by Gasteiger charge is -2.13. The Morgan fingerprint density at radius 3 is 2.60 bits per heavy atom. The van der Waals surface area contributed by atoms with E-state index in [1.54, 1.807) is 18.2 Å². The Kier molecular flexibility index (Phi) is 4.17. The SMILES string of the molecule is Cc1ccc(N)c(NC(=O)c2ccc(I)c(O)c2)c1C. The van der Waals surface area contributed by atoms with Gasteiger partial charge in [0.05, 0.1) is 14.9 Å². The van der Waals surface area contributed by atoms with Crippen molar-refractivity contribution in [3.05, 3.63) is 50.6 Å². The molecular formula is C15H15IN2O2. The van der Waals surface area contributed by atoms with Crippen molar-refractivity contribution in [3.63, 3.8) is 0 Å². The van der Waals surface area contributed by atoms with E-state index in [0.29, 0.717) is 20.5 Å². The number of phenols is 1. The standard InChI is InChI=1S/C15H15IN2O2/c1-8-3-6-12(17)14(9(8)2)18-15(20)10-4-5-11(16)13(19)7-10/h3-7,19H,17H2,1-2H3,(H,18,20). The number of amides is 1. The van der Waals surface area contributed by atoms with Crippen molar-refractivity contribution >= 4 is 39.9 Å². The highest BCUT2D eigenvalue weighted by Crippen LogP contribution is 2.27. The molecule has 2 aromatic carbocycles. The van der Waals surface area contributed by atoms with Crippen LogP contribution in [0, 0.1) is 17.4 Å². The van der Waals surface area contributed by atoms with Crippen LogP contribution in [0.4, 0.5) is 11.4 Å². The van der Waals surface area contributed by atoms with Gasteiger partial charge in [-0.3, -0.25) is 4.79 Å². The number of aryl methyl sites for hydroxylation is 1. The summed E-state index contributed by atoms with van der Waals surface area (Å²) >= 11 is 2.00. The largest absolute Gasteiger partial charge is 0.507 e. The first-order chi connectivity index (χ1) is 9.40. The van der Waals surface area contributed by atoms with Gasteiger partial charge in [-0.15, -0.1) is 0 Å². The molecule has 0 atom stereocenters. The molecule has 5 heteroatoms. The Labute approximate surface area is 131 Å². The predicted molar refractivity (Wildman–Crippen MR) is 89.1 cm³/mol. The van der Waals surface area contributed by atoms with Crippen molar-refractivity contribution in [3.8, 4) is 5.75 Å². The van der Waals surface area contributed by atoms with Crippen LogP contribution in [0.15, 0.2) is 30.3 Å². The minimum Gasteiger partial charge on any atom is -0.507 e. The number of hydrogen-bond donors (Lipinski definition) is 3. The Balaban J connectivity index is 2.32. The third-order valence-electron chi connectivity index (χ3n) is 3.21.